The number of amides is 1. The molecule has 0 aliphatic rings. The molecular formula is C74H141NO5. The fourth-order valence-corrected chi connectivity index (χ4v) is 11.3. The van der Waals surface area contributed by atoms with Crippen molar-refractivity contribution in [2.24, 2.45) is 0 Å². The van der Waals surface area contributed by atoms with Crippen molar-refractivity contribution in [3.05, 3.63) is 36.5 Å². The number of carbonyl (C=O) groups is 2. The number of ether oxygens (including phenoxy) is 1. The standard InChI is InChI=1S/C74H141NO5/c1-3-5-7-9-11-13-15-17-19-40-44-48-52-56-60-64-68-74(79)80-69-65-61-57-53-49-45-41-37-35-33-31-29-27-25-23-21-20-22-24-26-28-30-32-34-36-39-43-47-51-55-59-63-67-73(78)75-71(70-76)72(77)66-62-58-54-50-46-42-38-18-16-14-12-10-8-6-4-2/h19,23,25,40,62,66,71-72,76-77H,3-18,20-22,24,26-39,41-61,63-65,67-70H2,1-2H3,(H,75,78)/b25-23-,40-19-,66-62+. The molecule has 3 N–H and O–H groups in total. The zero-order valence-corrected chi connectivity index (χ0v) is 54.1. The van der Waals surface area contributed by atoms with Crippen molar-refractivity contribution in [3.63, 3.8) is 0 Å². The lowest BCUT2D eigenvalue weighted by atomic mass is 10.0. The van der Waals surface area contributed by atoms with Crippen molar-refractivity contribution in [2.45, 2.75) is 411 Å². The molecule has 6 heteroatoms. The number of allylic oxidation sites excluding steroid dienone is 5. The van der Waals surface area contributed by atoms with Crippen LogP contribution in [-0.2, 0) is 14.3 Å². The Balaban J connectivity index is 3.36. The summed E-state index contributed by atoms with van der Waals surface area (Å²) in [4.78, 5) is 24.6. The number of unbranched alkanes of at least 4 members (excludes halogenated alkanes) is 53. The van der Waals surface area contributed by atoms with E-state index in [2.05, 4.69) is 43.5 Å². The molecule has 1 amide bonds. The lowest BCUT2D eigenvalue weighted by molar-refractivity contribution is -0.143. The van der Waals surface area contributed by atoms with Gasteiger partial charge in [-0.2, -0.15) is 0 Å². The predicted molar refractivity (Wildman–Crippen MR) is 352 cm³/mol. The highest BCUT2D eigenvalue weighted by molar-refractivity contribution is 5.76. The number of hydrogen-bond acceptors (Lipinski definition) is 5. The van der Waals surface area contributed by atoms with Crippen LogP contribution < -0.4 is 5.32 Å². The van der Waals surface area contributed by atoms with Crippen LogP contribution in [0.1, 0.15) is 399 Å². The number of aliphatic hydroxyl groups is 2. The summed E-state index contributed by atoms with van der Waals surface area (Å²) in [6.45, 7) is 4.93. The Bertz CT molecular complexity index is 1300. The van der Waals surface area contributed by atoms with Crippen molar-refractivity contribution >= 4 is 11.9 Å². The Morgan fingerprint density at radius 1 is 0.338 bits per heavy atom. The highest BCUT2D eigenvalue weighted by Gasteiger charge is 2.18. The van der Waals surface area contributed by atoms with Gasteiger partial charge in [0, 0.05) is 12.8 Å². The highest BCUT2D eigenvalue weighted by Crippen LogP contribution is 2.18. The Labute approximate surface area is 500 Å². The maximum atomic E-state index is 12.5. The molecule has 0 fully saturated rings. The number of esters is 1. The minimum absolute atomic E-state index is 0.0110. The minimum atomic E-state index is -0.842. The zero-order valence-electron chi connectivity index (χ0n) is 54.1. The second-order valence-electron chi connectivity index (χ2n) is 24.9. The number of carbonyl (C=O) groups excluding carboxylic acids is 2. The summed E-state index contributed by atoms with van der Waals surface area (Å²) in [6, 6.07) is -0.626. The molecule has 0 aromatic rings. The topological polar surface area (TPSA) is 95.9 Å². The normalized spacial score (nSPS) is 12.7. The van der Waals surface area contributed by atoms with Gasteiger partial charge in [-0.15, -0.1) is 0 Å². The first-order valence-corrected chi connectivity index (χ1v) is 36.3. The molecule has 0 bridgehead atoms. The van der Waals surface area contributed by atoms with Crippen LogP contribution in [0.5, 0.6) is 0 Å². The van der Waals surface area contributed by atoms with Gasteiger partial charge < -0.3 is 20.3 Å². The number of nitrogens with one attached hydrogen (secondary N) is 1. The molecule has 80 heavy (non-hydrogen) atoms. The Hall–Kier alpha value is -1.92. The SMILES string of the molecule is CCCCCCCCC/C=C\CCCCCCCC(=O)OCCCCCCCCCCCCCC/C=C\CCCCCCCCCCCCCCCCCCC(=O)NC(CO)C(O)/C=C/CCCCCCCCCCCCCCC. The molecule has 2 unspecified atom stereocenters. The van der Waals surface area contributed by atoms with Gasteiger partial charge in [-0.05, 0) is 83.5 Å². The van der Waals surface area contributed by atoms with Gasteiger partial charge >= 0.3 is 5.97 Å². The molecule has 6 nitrogen and oxygen atoms in total. The predicted octanol–water partition coefficient (Wildman–Crippen LogP) is 23.5. The molecule has 2 atom stereocenters. The maximum absolute atomic E-state index is 12.5. The first-order chi connectivity index (χ1) is 39.5. The molecule has 0 radical (unpaired) electrons. The van der Waals surface area contributed by atoms with E-state index in [4.69, 9.17) is 4.74 Å². The van der Waals surface area contributed by atoms with E-state index < -0.39 is 12.1 Å². The second kappa shape index (κ2) is 69.6. The molecule has 0 aromatic carbocycles. The monoisotopic (exact) mass is 1120 g/mol. The van der Waals surface area contributed by atoms with Crippen molar-refractivity contribution in [2.75, 3.05) is 13.2 Å². The number of hydrogen-bond donors (Lipinski definition) is 3. The van der Waals surface area contributed by atoms with Crippen LogP contribution in [-0.4, -0.2) is 47.4 Å². The van der Waals surface area contributed by atoms with Gasteiger partial charge in [-0.25, -0.2) is 0 Å². The van der Waals surface area contributed by atoms with E-state index >= 15 is 0 Å². The summed E-state index contributed by atoms with van der Waals surface area (Å²) in [6.07, 6.45) is 89.5. The maximum Gasteiger partial charge on any atom is 0.305 e. The fraction of sp³-hybridized carbons (Fsp3) is 0.892. The smallest absolute Gasteiger partial charge is 0.305 e. The van der Waals surface area contributed by atoms with Gasteiger partial charge in [-0.3, -0.25) is 9.59 Å². The van der Waals surface area contributed by atoms with E-state index in [-0.39, 0.29) is 18.5 Å². The lowest BCUT2D eigenvalue weighted by Gasteiger charge is -2.20. The van der Waals surface area contributed by atoms with Gasteiger partial charge in [0.1, 0.15) is 0 Å². The summed E-state index contributed by atoms with van der Waals surface area (Å²) in [5.74, 6) is -0.0522. The van der Waals surface area contributed by atoms with Gasteiger partial charge in [0.15, 0.2) is 0 Å². The van der Waals surface area contributed by atoms with E-state index in [0.29, 0.717) is 19.4 Å². The minimum Gasteiger partial charge on any atom is -0.466 e. The third-order valence-electron chi connectivity index (χ3n) is 16.9. The largest absolute Gasteiger partial charge is 0.466 e. The molecule has 0 saturated heterocycles. The highest BCUT2D eigenvalue weighted by atomic mass is 16.5. The zero-order chi connectivity index (χ0) is 57.8. The fourth-order valence-electron chi connectivity index (χ4n) is 11.3. The Kier molecular flexibility index (Phi) is 67.9. The van der Waals surface area contributed by atoms with E-state index in [0.717, 1.165) is 44.9 Å². The van der Waals surface area contributed by atoms with Crippen molar-refractivity contribution in [3.8, 4) is 0 Å². The summed E-state index contributed by atoms with van der Waals surface area (Å²) in [5, 5.41) is 23.2. The molecular weight excluding hydrogens is 983 g/mol. The second-order valence-corrected chi connectivity index (χ2v) is 24.9. The van der Waals surface area contributed by atoms with Gasteiger partial charge in [-0.1, -0.05) is 339 Å². The van der Waals surface area contributed by atoms with Crippen LogP contribution >= 0.6 is 0 Å². The van der Waals surface area contributed by atoms with E-state index in [1.165, 1.54) is 327 Å². The summed E-state index contributed by atoms with van der Waals surface area (Å²) < 4.78 is 5.50. The molecule has 0 aliphatic carbocycles. The molecule has 0 saturated carbocycles. The van der Waals surface area contributed by atoms with Gasteiger partial charge in [0.25, 0.3) is 0 Å². The molecule has 472 valence electrons. The summed E-state index contributed by atoms with van der Waals surface area (Å²) in [7, 11) is 0. The van der Waals surface area contributed by atoms with Crippen LogP contribution in [0.2, 0.25) is 0 Å². The first kappa shape index (κ1) is 78.1. The number of rotatable bonds is 68. The summed E-state index contributed by atoms with van der Waals surface area (Å²) in [5.41, 5.74) is 0. The van der Waals surface area contributed by atoms with Crippen molar-refractivity contribution in [1.29, 1.82) is 0 Å². The molecule has 0 aliphatic heterocycles. The quantitative estimate of drug-likeness (QED) is 0.0320. The average molecular weight is 1120 g/mol. The first-order valence-electron chi connectivity index (χ1n) is 36.3. The van der Waals surface area contributed by atoms with E-state index in [9.17, 15) is 19.8 Å². The Morgan fingerprint density at radius 3 is 0.887 bits per heavy atom. The van der Waals surface area contributed by atoms with Crippen molar-refractivity contribution < 1.29 is 24.5 Å². The van der Waals surface area contributed by atoms with Crippen LogP contribution in [0.25, 0.3) is 0 Å². The van der Waals surface area contributed by atoms with E-state index in [1.54, 1.807) is 6.08 Å². The average Bonchev–Trinajstić information content (AvgIpc) is 3.46. The number of aliphatic hydroxyl groups excluding tert-OH is 2. The molecule has 0 heterocycles. The van der Waals surface area contributed by atoms with Crippen LogP contribution in [0.4, 0.5) is 0 Å². The third-order valence-corrected chi connectivity index (χ3v) is 16.9. The van der Waals surface area contributed by atoms with Crippen LogP contribution in [0.3, 0.4) is 0 Å². The van der Waals surface area contributed by atoms with Crippen molar-refractivity contribution in [1.82, 2.24) is 5.32 Å². The molecule has 0 aromatic heterocycles. The molecule has 0 rings (SSSR count). The summed E-state index contributed by atoms with van der Waals surface area (Å²) >= 11 is 0. The van der Waals surface area contributed by atoms with Gasteiger partial charge in [0.2, 0.25) is 5.91 Å². The van der Waals surface area contributed by atoms with Gasteiger partial charge in [0.05, 0.1) is 25.4 Å². The van der Waals surface area contributed by atoms with Crippen LogP contribution in [0, 0.1) is 0 Å². The Morgan fingerprint density at radius 2 is 0.588 bits per heavy atom. The van der Waals surface area contributed by atoms with E-state index in [1.807, 2.05) is 6.08 Å². The molecule has 0 spiro atoms. The third kappa shape index (κ3) is 65.2. The lowest BCUT2D eigenvalue weighted by Crippen LogP contribution is -2.45. The van der Waals surface area contributed by atoms with Crippen LogP contribution in [0.15, 0.2) is 36.5 Å².